The van der Waals surface area contributed by atoms with Gasteiger partial charge in [-0.2, -0.15) is 0 Å². The van der Waals surface area contributed by atoms with Gasteiger partial charge in [-0.3, -0.25) is 4.79 Å². The second-order valence-corrected chi connectivity index (χ2v) is 2.75. The summed E-state index contributed by atoms with van der Waals surface area (Å²) in [6.07, 6.45) is 1.33. The monoisotopic (exact) mass is 199 g/mol. The van der Waals surface area contributed by atoms with E-state index in [4.69, 9.17) is 5.53 Å². The highest BCUT2D eigenvalue weighted by atomic mass is 16.1. The van der Waals surface area contributed by atoms with Crippen LogP contribution in [-0.2, 0) is 0 Å². The third-order valence-corrected chi connectivity index (χ3v) is 1.68. The highest BCUT2D eigenvalue weighted by Crippen LogP contribution is 2.00. The lowest BCUT2D eigenvalue weighted by atomic mass is 10.1. The van der Waals surface area contributed by atoms with E-state index in [0.717, 1.165) is 11.8 Å². The minimum atomic E-state index is 0.385. The summed E-state index contributed by atoms with van der Waals surface area (Å²) in [6, 6.07) is 6.99. The van der Waals surface area contributed by atoms with Crippen LogP contribution in [0.2, 0.25) is 0 Å². The first kappa shape index (κ1) is 10.8. The maximum atomic E-state index is 10.4. The molecule has 1 aromatic carbocycles. The summed E-state index contributed by atoms with van der Waals surface area (Å²) >= 11 is 0. The van der Waals surface area contributed by atoms with Crippen molar-refractivity contribution >= 4 is 6.29 Å². The molecule has 74 valence electrons. The van der Waals surface area contributed by atoms with Gasteiger partial charge in [0.2, 0.25) is 0 Å². The largest absolute Gasteiger partial charge is 0.298 e. The smallest absolute Gasteiger partial charge is 0.150 e. The molecule has 0 amide bonds. The maximum absolute atomic E-state index is 10.4. The SMILES string of the molecule is [N-]=[N+]=NCCC#Cc1ccc(C=O)cc1. The molecule has 1 aromatic rings. The number of benzene rings is 1. The summed E-state index contributed by atoms with van der Waals surface area (Å²) in [4.78, 5) is 13.0. The van der Waals surface area contributed by atoms with E-state index < -0.39 is 0 Å². The van der Waals surface area contributed by atoms with Crippen molar-refractivity contribution < 1.29 is 4.79 Å². The van der Waals surface area contributed by atoms with Crippen molar-refractivity contribution in [3.63, 3.8) is 0 Å². The quantitative estimate of drug-likeness (QED) is 0.184. The van der Waals surface area contributed by atoms with Crippen molar-refractivity contribution in [3.05, 3.63) is 45.8 Å². The number of hydrogen-bond acceptors (Lipinski definition) is 2. The molecule has 0 aliphatic rings. The second kappa shape index (κ2) is 6.25. The highest BCUT2D eigenvalue weighted by molar-refractivity contribution is 5.74. The molecular weight excluding hydrogens is 190 g/mol. The Labute approximate surface area is 87.6 Å². The van der Waals surface area contributed by atoms with Crippen LogP contribution in [-0.4, -0.2) is 12.8 Å². The predicted molar refractivity (Wildman–Crippen MR) is 57.3 cm³/mol. The van der Waals surface area contributed by atoms with Gasteiger partial charge in [-0.15, -0.1) is 0 Å². The molecule has 0 atom stereocenters. The second-order valence-electron chi connectivity index (χ2n) is 2.75. The molecule has 0 saturated carbocycles. The molecule has 0 aliphatic carbocycles. The van der Waals surface area contributed by atoms with Crippen molar-refractivity contribution in [3.8, 4) is 11.8 Å². The van der Waals surface area contributed by atoms with E-state index in [1.54, 1.807) is 24.3 Å². The summed E-state index contributed by atoms with van der Waals surface area (Å²) in [5, 5.41) is 3.36. The number of carbonyl (C=O) groups is 1. The van der Waals surface area contributed by atoms with Crippen molar-refractivity contribution in [1.29, 1.82) is 0 Å². The highest BCUT2D eigenvalue weighted by Gasteiger charge is 1.88. The van der Waals surface area contributed by atoms with E-state index in [9.17, 15) is 4.79 Å². The molecular formula is C11H9N3O. The molecule has 0 radical (unpaired) electrons. The molecule has 4 heteroatoms. The minimum absolute atomic E-state index is 0.385. The number of rotatable bonds is 3. The standard InChI is InChI=1S/C11H9N3O/c12-14-13-8-2-1-3-10-4-6-11(9-15)7-5-10/h4-7,9H,2,8H2. The van der Waals surface area contributed by atoms with Gasteiger partial charge in [-0.05, 0) is 17.7 Å². The summed E-state index contributed by atoms with van der Waals surface area (Å²) in [5.41, 5.74) is 9.50. The third-order valence-electron chi connectivity index (χ3n) is 1.68. The maximum Gasteiger partial charge on any atom is 0.150 e. The van der Waals surface area contributed by atoms with Gasteiger partial charge in [0.15, 0.2) is 0 Å². The fourth-order valence-electron chi connectivity index (χ4n) is 0.960. The van der Waals surface area contributed by atoms with E-state index in [0.29, 0.717) is 18.5 Å². The third kappa shape index (κ3) is 3.99. The van der Waals surface area contributed by atoms with Crippen LogP contribution >= 0.6 is 0 Å². The first-order valence-corrected chi connectivity index (χ1v) is 4.42. The summed E-state index contributed by atoms with van der Waals surface area (Å²) < 4.78 is 0. The normalized spacial score (nSPS) is 8.27. The first-order chi connectivity index (χ1) is 7.36. The Kier molecular flexibility index (Phi) is 4.52. The number of carbonyl (C=O) groups excluding carboxylic acids is 1. The van der Waals surface area contributed by atoms with E-state index in [1.165, 1.54) is 0 Å². The number of aldehydes is 1. The average Bonchev–Trinajstić information content (AvgIpc) is 2.30. The summed E-state index contributed by atoms with van der Waals surface area (Å²) in [7, 11) is 0. The molecule has 0 N–H and O–H groups in total. The van der Waals surface area contributed by atoms with E-state index in [1.807, 2.05) is 0 Å². The van der Waals surface area contributed by atoms with Crippen molar-refractivity contribution in [1.82, 2.24) is 0 Å². The Morgan fingerprint density at radius 3 is 2.73 bits per heavy atom. The molecule has 1 rings (SSSR count). The van der Waals surface area contributed by atoms with E-state index in [-0.39, 0.29) is 0 Å². The Hall–Kier alpha value is -2.24. The van der Waals surface area contributed by atoms with Crippen LogP contribution < -0.4 is 0 Å². The zero-order valence-electron chi connectivity index (χ0n) is 8.05. The van der Waals surface area contributed by atoms with Gasteiger partial charge in [0.1, 0.15) is 6.29 Å². The topological polar surface area (TPSA) is 65.8 Å². The lowest BCUT2D eigenvalue weighted by molar-refractivity contribution is 0.112. The van der Waals surface area contributed by atoms with Crippen LogP contribution in [0.15, 0.2) is 29.4 Å². The fourth-order valence-corrected chi connectivity index (χ4v) is 0.960. The van der Waals surface area contributed by atoms with Gasteiger partial charge < -0.3 is 0 Å². The molecule has 0 spiro atoms. The molecule has 0 aliphatic heterocycles. The zero-order valence-corrected chi connectivity index (χ0v) is 8.05. The van der Waals surface area contributed by atoms with E-state index in [2.05, 4.69) is 21.9 Å². The van der Waals surface area contributed by atoms with Gasteiger partial charge in [-0.1, -0.05) is 29.1 Å². The molecule has 0 fully saturated rings. The van der Waals surface area contributed by atoms with Crippen LogP contribution in [0.5, 0.6) is 0 Å². The fraction of sp³-hybridized carbons (Fsp3) is 0.182. The van der Waals surface area contributed by atoms with Gasteiger partial charge >= 0.3 is 0 Å². The van der Waals surface area contributed by atoms with Crippen LogP contribution in [0.1, 0.15) is 22.3 Å². The Morgan fingerprint density at radius 1 is 1.40 bits per heavy atom. The van der Waals surface area contributed by atoms with Crippen molar-refractivity contribution in [2.75, 3.05) is 6.54 Å². The number of hydrogen-bond donors (Lipinski definition) is 0. The molecule has 15 heavy (non-hydrogen) atoms. The summed E-state index contributed by atoms with van der Waals surface area (Å²) in [6.45, 7) is 0.385. The van der Waals surface area contributed by atoms with Gasteiger partial charge in [0.25, 0.3) is 0 Å². The Balaban J connectivity index is 2.56. The van der Waals surface area contributed by atoms with Crippen molar-refractivity contribution in [2.24, 2.45) is 5.11 Å². The lowest BCUT2D eigenvalue weighted by Crippen LogP contribution is -1.80. The first-order valence-electron chi connectivity index (χ1n) is 4.42. The average molecular weight is 199 g/mol. The molecule has 0 aromatic heterocycles. The zero-order chi connectivity index (χ0) is 10.9. The minimum Gasteiger partial charge on any atom is -0.298 e. The number of azide groups is 1. The molecule has 0 bridgehead atoms. The molecule has 0 heterocycles. The van der Waals surface area contributed by atoms with Gasteiger partial charge in [0.05, 0.1) is 0 Å². The van der Waals surface area contributed by atoms with Crippen molar-refractivity contribution in [2.45, 2.75) is 6.42 Å². The molecule has 0 unspecified atom stereocenters. The number of nitrogens with zero attached hydrogens (tertiary/aromatic N) is 3. The molecule has 4 nitrogen and oxygen atoms in total. The Bertz CT molecular complexity index is 433. The van der Waals surface area contributed by atoms with Crippen LogP contribution in [0.25, 0.3) is 10.4 Å². The van der Waals surface area contributed by atoms with Crippen LogP contribution in [0, 0.1) is 11.8 Å². The van der Waals surface area contributed by atoms with Crippen LogP contribution in [0.4, 0.5) is 0 Å². The van der Waals surface area contributed by atoms with E-state index >= 15 is 0 Å². The summed E-state index contributed by atoms with van der Waals surface area (Å²) in [5.74, 6) is 5.78. The predicted octanol–water partition coefficient (Wildman–Crippen LogP) is 2.55. The Morgan fingerprint density at radius 2 is 2.13 bits per heavy atom. The molecule has 0 saturated heterocycles. The van der Waals surface area contributed by atoms with Crippen LogP contribution in [0.3, 0.4) is 0 Å². The van der Waals surface area contributed by atoms with Gasteiger partial charge in [0, 0.05) is 29.0 Å². The van der Waals surface area contributed by atoms with Gasteiger partial charge in [-0.25, -0.2) is 0 Å². The lowest BCUT2D eigenvalue weighted by Gasteiger charge is -1.90.